The first-order valence-electron chi connectivity index (χ1n) is 9.39. The zero-order valence-electron chi connectivity index (χ0n) is 17.1. The van der Waals surface area contributed by atoms with Gasteiger partial charge in [0.15, 0.2) is 0 Å². The van der Waals surface area contributed by atoms with Crippen LogP contribution in [0.1, 0.15) is 23.7 Å². The van der Waals surface area contributed by atoms with Crippen LogP contribution in [0.15, 0.2) is 24.3 Å². The van der Waals surface area contributed by atoms with Crippen molar-refractivity contribution in [3.05, 3.63) is 39.9 Å². The molecule has 0 bridgehead atoms. The molecule has 1 unspecified atom stereocenters. The van der Waals surface area contributed by atoms with E-state index in [1.807, 2.05) is 0 Å². The van der Waals surface area contributed by atoms with Gasteiger partial charge in [0.05, 0.1) is 43.3 Å². The lowest BCUT2D eigenvalue weighted by molar-refractivity contribution is -0.384. The van der Waals surface area contributed by atoms with Crippen LogP contribution >= 0.6 is 0 Å². The Hall–Kier alpha value is -2.60. The second kappa shape index (κ2) is 14.4. The minimum atomic E-state index is -1.06. The molecule has 1 aromatic carbocycles. The highest BCUT2D eigenvalue weighted by Crippen LogP contribution is 2.14. The van der Waals surface area contributed by atoms with Gasteiger partial charge in [-0.05, 0) is 25.5 Å². The van der Waals surface area contributed by atoms with Gasteiger partial charge in [0.1, 0.15) is 6.79 Å². The number of ether oxygens (including phenoxy) is 4. The Kier molecular flexibility index (Phi) is 12.2. The van der Waals surface area contributed by atoms with Gasteiger partial charge in [-0.3, -0.25) is 19.7 Å². The van der Waals surface area contributed by atoms with Gasteiger partial charge in [-0.1, -0.05) is 0 Å². The van der Waals surface area contributed by atoms with E-state index in [0.29, 0.717) is 13.2 Å². The summed E-state index contributed by atoms with van der Waals surface area (Å²) in [4.78, 5) is 34.3. The summed E-state index contributed by atoms with van der Waals surface area (Å²) in [7, 11) is 1.51. The smallest absolute Gasteiger partial charge is 0.308 e. The molecular weight excluding hydrogens is 400 g/mol. The number of hydrogen-bond donors (Lipinski definition) is 2. The monoisotopic (exact) mass is 428 g/mol. The number of carbonyl (C=O) groups is 2. The standard InChI is InChI=1S/C19H28N2O9/c1-3-28-13-30-12-16(10-15(19(23)24)11-29-9-8-27-2)20-18(22)14-4-6-17(7-5-14)21(25)26/h4-7,15-16H,3,8-13H2,1-2H3,(H,20,22)(H,23,24)/t15?,16-/m0/s1. The first kappa shape index (κ1) is 25.4. The summed E-state index contributed by atoms with van der Waals surface area (Å²) in [6.07, 6.45) is 0.0627. The van der Waals surface area contributed by atoms with Crippen molar-refractivity contribution in [1.82, 2.24) is 5.32 Å². The third-order valence-corrected chi connectivity index (χ3v) is 4.03. The maximum absolute atomic E-state index is 12.5. The minimum absolute atomic E-state index is 0.00246. The van der Waals surface area contributed by atoms with Gasteiger partial charge in [-0.15, -0.1) is 0 Å². The van der Waals surface area contributed by atoms with Crippen molar-refractivity contribution < 1.29 is 38.6 Å². The van der Waals surface area contributed by atoms with Crippen molar-refractivity contribution >= 4 is 17.6 Å². The third kappa shape index (κ3) is 9.74. The molecule has 30 heavy (non-hydrogen) atoms. The van der Waals surface area contributed by atoms with E-state index in [4.69, 9.17) is 18.9 Å². The summed E-state index contributed by atoms with van der Waals surface area (Å²) >= 11 is 0. The number of benzene rings is 1. The predicted octanol–water partition coefficient (Wildman–Crippen LogP) is 1.46. The van der Waals surface area contributed by atoms with Crippen molar-refractivity contribution in [2.75, 3.05) is 46.9 Å². The number of hydrogen-bond acceptors (Lipinski definition) is 8. The molecule has 11 nitrogen and oxygen atoms in total. The molecule has 0 saturated heterocycles. The van der Waals surface area contributed by atoms with Crippen LogP contribution < -0.4 is 5.32 Å². The minimum Gasteiger partial charge on any atom is -0.481 e. The highest BCUT2D eigenvalue weighted by atomic mass is 16.7. The fraction of sp³-hybridized carbons (Fsp3) is 0.579. The zero-order chi connectivity index (χ0) is 22.4. The van der Waals surface area contributed by atoms with E-state index in [1.54, 1.807) is 6.92 Å². The Bertz CT molecular complexity index is 666. The Morgan fingerprint density at radius 1 is 1.13 bits per heavy atom. The number of nitrogens with zero attached hydrogens (tertiary/aromatic N) is 1. The third-order valence-electron chi connectivity index (χ3n) is 4.03. The van der Waals surface area contributed by atoms with Gasteiger partial charge in [0.25, 0.3) is 11.6 Å². The molecule has 168 valence electrons. The van der Waals surface area contributed by atoms with Crippen LogP contribution in [0.5, 0.6) is 0 Å². The lowest BCUT2D eigenvalue weighted by Crippen LogP contribution is -2.41. The molecule has 2 atom stereocenters. The van der Waals surface area contributed by atoms with Gasteiger partial charge >= 0.3 is 5.97 Å². The average molecular weight is 428 g/mol. The number of aliphatic carboxylic acids is 1. The van der Waals surface area contributed by atoms with Gasteiger partial charge in [0, 0.05) is 31.4 Å². The number of carboxylic acid groups (broad SMARTS) is 1. The number of carbonyl (C=O) groups excluding carboxylic acids is 1. The molecule has 0 heterocycles. The first-order valence-corrected chi connectivity index (χ1v) is 9.39. The number of amides is 1. The van der Waals surface area contributed by atoms with Gasteiger partial charge in [-0.25, -0.2) is 0 Å². The van der Waals surface area contributed by atoms with E-state index < -0.39 is 28.8 Å². The molecule has 0 aromatic heterocycles. The summed E-state index contributed by atoms with van der Waals surface area (Å²) < 4.78 is 20.6. The molecule has 0 spiro atoms. The normalized spacial score (nSPS) is 12.9. The molecule has 0 aliphatic heterocycles. The molecule has 0 aliphatic carbocycles. The highest BCUT2D eigenvalue weighted by Gasteiger charge is 2.25. The number of nitrogens with one attached hydrogen (secondary N) is 1. The summed E-state index contributed by atoms with van der Waals surface area (Å²) in [6, 6.07) is 4.46. The summed E-state index contributed by atoms with van der Waals surface area (Å²) in [5.74, 6) is -2.44. The molecule has 1 aromatic rings. The largest absolute Gasteiger partial charge is 0.481 e. The Morgan fingerprint density at radius 3 is 2.40 bits per heavy atom. The fourth-order valence-electron chi connectivity index (χ4n) is 2.46. The Labute approximate surface area is 174 Å². The number of nitro benzene ring substituents is 1. The summed E-state index contributed by atoms with van der Waals surface area (Å²) in [5, 5.41) is 22.9. The van der Waals surface area contributed by atoms with Crippen LogP contribution in [-0.2, 0) is 23.7 Å². The van der Waals surface area contributed by atoms with Gasteiger partial charge in [0.2, 0.25) is 0 Å². The van der Waals surface area contributed by atoms with E-state index >= 15 is 0 Å². The SMILES string of the molecule is CCOCOC[C@H](CC(COCCOC)C(=O)O)NC(=O)c1ccc([N+](=O)[O-])cc1. The van der Waals surface area contributed by atoms with Crippen molar-refractivity contribution in [3.8, 4) is 0 Å². The second-order valence-electron chi connectivity index (χ2n) is 6.29. The summed E-state index contributed by atoms with van der Waals surface area (Å²) in [5.41, 5.74) is 0.0703. The number of non-ortho nitro benzene ring substituents is 1. The lowest BCUT2D eigenvalue weighted by Gasteiger charge is -2.22. The zero-order valence-corrected chi connectivity index (χ0v) is 17.1. The first-order chi connectivity index (χ1) is 14.4. The van der Waals surface area contributed by atoms with Crippen LogP contribution in [0.4, 0.5) is 5.69 Å². The fourth-order valence-corrected chi connectivity index (χ4v) is 2.46. The molecule has 2 N–H and O–H groups in total. The Morgan fingerprint density at radius 2 is 1.83 bits per heavy atom. The van der Waals surface area contributed by atoms with E-state index in [2.05, 4.69) is 5.32 Å². The molecule has 0 fully saturated rings. The Balaban J connectivity index is 2.77. The van der Waals surface area contributed by atoms with E-state index in [9.17, 15) is 24.8 Å². The van der Waals surface area contributed by atoms with Crippen LogP contribution in [0.25, 0.3) is 0 Å². The molecule has 11 heteroatoms. The number of nitro groups is 1. The molecule has 0 aliphatic rings. The van der Waals surface area contributed by atoms with E-state index in [1.165, 1.54) is 31.4 Å². The maximum Gasteiger partial charge on any atom is 0.308 e. The van der Waals surface area contributed by atoms with Crippen molar-refractivity contribution in [2.24, 2.45) is 5.92 Å². The van der Waals surface area contributed by atoms with E-state index in [-0.39, 0.29) is 44.3 Å². The molecule has 1 rings (SSSR count). The highest BCUT2D eigenvalue weighted by molar-refractivity contribution is 5.94. The van der Waals surface area contributed by atoms with Crippen molar-refractivity contribution in [3.63, 3.8) is 0 Å². The van der Waals surface area contributed by atoms with Crippen molar-refractivity contribution in [2.45, 2.75) is 19.4 Å². The molecular formula is C19H28N2O9. The van der Waals surface area contributed by atoms with Crippen molar-refractivity contribution in [1.29, 1.82) is 0 Å². The average Bonchev–Trinajstić information content (AvgIpc) is 2.72. The molecule has 0 saturated carbocycles. The summed E-state index contributed by atoms with van der Waals surface area (Å²) in [6.45, 7) is 2.82. The maximum atomic E-state index is 12.5. The van der Waals surface area contributed by atoms with E-state index in [0.717, 1.165) is 0 Å². The second-order valence-corrected chi connectivity index (χ2v) is 6.29. The number of methoxy groups -OCH3 is 1. The topological polar surface area (TPSA) is 146 Å². The quantitative estimate of drug-likeness (QED) is 0.173. The predicted molar refractivity (Wildman–Crippen MR) is 105 cm³/mol. The van der Waals surface area contributed by atoms with Crippen LogP contribution in [0.2, 0.25) is 0 Å². The van der Waals surface area contributed by atoms with Gasteiger partial charge < -0.3 is 29.4 Å². The molecule has 0 radical (unpaired) electrons. The lowest BCUT2D eigenvalue weighted by atomic mass is 10.0. The number of rotatable bonds is 16. The van der Waals surface area contributed by atoms with Gasteiger partial charge in [-0.2, -0.15) is 0 Å². The van der Waals surface area contributed by atoms with Crippen LogP contribution in [0.3, 0.4) is 0 Å². The van der Waals surface area contributed by atoms with Crippen LogP contribution in [-0.4, -0.2) is 74.9 Å². The molecule has 1 amide bonds. The van der Waals surface area contributed by atoms with Crippen LogP contribution in [0, 0.1) is 16.0 Å². The number of carboxylic acids is 1.